The lowest BCUT2D eigenvalue weighted by Crippen LogP contribution is -2.58. The Morgan fingerprint density at radius 1 is 1.40 bits per heavy atom. The van der Waals surface area contributed by atoms with Crippen LogP contribution in [0.4, 0.5) is 13.2 Å². The Morgan fingerprint density at radius 2 is 2.15 bits per heavy atom. The third-order valence-corrected chi connectivity index (χ3v) is 4.06. The van der Waals surface area contributed by atoms with Gasteiger partial charge in [0.25, 0.3) is 0 Å². The van der Waals surface area contributed by atoms with Gasteiger partial charge >= 0.3 is 6.18 Å². The summed E-state index contributed by atoms with van der Waals surface area (Å²) in [6.07, 6.45) is -2.26. The van der Waals surface area contributed by atoms with Gasteiger partial charge in [-0.3, -0.25) is 4.79 Å². The van der Waals surface area contributed by atoms with Crippen molar-refractivity contribution in [1.82, 2.24) is 10.6 Å². The topological polar surface area (TPSA) is 50.4 Å². The fraction of sp³-hybridized carbons (Fsp3) is 0.923. The molecule has 2 fully saturated rings. The van der Waals surface area contributed by atoms with E-state index in [9.17, 15) is 18.0 Å². The molecule has 116 valence electrons. The number of carbonyl (C=O) groups excluding carboxylic acids is 1. The lowest BCUT2D eigenvalue weighted by atomic mass is 9.91. The molecule has 7 heteroatoms. The number of carbonyl (C=O) groups is 1. The van der Waals surface area contributed by atoms with Gasteiger partial charge in [0.1, 0.15) is 0 Å². The molecular weight excluding hydrogens is 273 g/mol. The van der Waals surface area contributed by atoms with E-state index in [1.54, 1.807) is 0 Å². The molecule has 0 aromatic carbocycles. The summed E-state index contributed by atoms with van der Waals surface area (Å²) in [6, 6.07) is -0.535. The van der Waals surface area contributed by atoms with E-state index >= 15 is 0 Å². The van der Waals surface area contributed by atoms with Gasteiger partial charge in [-0.1, -0.05) is 0 Å². The van der Waals surface area contributed by atoms with E-state index in [4.69, 9.17) is 4.74 Å². The van der Waals surface area contributed by atoms with Crippen LogP contribution in [0.15, 0.2) is 0 Å². The van der Waals surface area contributed by atoms with Crippen molar-refractivity contribution in [2.45, 2.75) is 50.4 Å². The molecule has 0 spiro atoms. The first kappa shape index (κ1) is 15.6. The summed E-state index contributed by atoms with van der Waals surface area (Å²) in [7, 11) is 0. The molecule has 0 bridgehead atoms. The average molecular weight is 294 g/mol. The largest absolute Gasteiger partial charge is 0.393 e. The molecule has 20 heavy (non-hydrogen) atoms. The van der Waals surface area contributed by atoms with Crippen LogP contribution in [0.1, 0.15) is 32.6 Å². The van der Waals surface area contributed by atoms with Crippen molar-refractivity contribution in [1.29, 1.82) is 0 Å². The van der Waals surface area contributed by atoms with Crippen molar-refractivity contribution in [3.63, 3.8) is 0 Å². The number of halogens is 3. The van der Waals surface area contributed by atoms with Gasteiger partial charge in [0.2, 0.25) is 5.91 Å². The highest BCUT2D eigenvalue weighted by Crippen LogP contribution is 2.32. The molecule has 3 unspecified atom stereocenters. The number of alkyl halides is 3. The molecule has 0 aliphatic carbocycles. The second-order valence-electron chi connectivity index (χ2n) is 5.98. The van der Waals surface area contributed by atoms with Gasteiger partial charge in [-0.15, -0.1) is 0 Å². The summed E-state index contributed by atoms with van der Waals surface area (Å²) < 4.78 is 43.0. The van der Waals surface area contributed by atoms with Crippen molar-refractivity contribution >= 4 is 5.91 Å². The molecule has 3 atom stereocenters. The van der Waals surface area contributed by atoms with Crippen LogP contribution in [-0.4, -0.2) is 43.4 Å². The summed E-state index contributed by atoms with van der Waals surface area (Å²) in [5.41, 5.74) is -0.405. The summed E-state index contributed by atoms with van der Waals surface area (Å²) in [6.45, 7) is 2.87. The van der Waals surface area contributed by atoms with Crippen LogP contribution < -0.4 is 10.6 Å². The minimum absolute atomic E-state index is 0.00179. The Kier molecular flexibility index (Phi) is 4.59. The van der Waals surface area contributed by atoms with Gasteiger partial charge in [0.15, 0.2) is 0 Å². The van der Waals surface area contributed by atoms with E-state index in [0.717, 1.165) is 12.8 Å². The number of piperidine rings is 1. The molecule has 1 amide bonds. The minimum atomic E-state index is -4.18. The smallest absolute Gasteiger partial charge is 0.379 e. The van der Waals surface area contributed by atoms with Crippen LogP contribution in [0.25, 0.3) is 0 Å². The van der Waals surface area contributed by atoms with E-state index in [-0.39, 0.29) is 25.3 Å². The van der Waals surface area contributed by atoms with Crippen LogP contribution >= 0.6 is 0 Å². The summed E-state index contributed by atoms with van der Waals surface area (Å²) in [5.74, 6) is -1.57. The zero-order chi connectivity index (χ0) is 14.8. The highest BCUT2D eigenvalue weighted by Gasteiger charge is 2.43. The predicted molar refractivity (Wildman–Crippen MR) is 67.2 cm³/mol. The molecule has 2 heterocycles. The number of amides is 1. The Bertz CT molecular complexity index is 346. The maximum Gasteiger partial charge on any atom is 0.393 e. The molecule has 2 rings (SSSR count). The molecule has 2 N–H and O–H groups in total. The first-order valence-electron chi connectivity index (χ1n) is 7.00. The van der Waals surface area contributed by atoms with Crippen molar-refractivity contribution < 1.29 is 22.7 Å². The Labute approximate surface area is 116 Å². The number of hydrogen-bond acceptors (Lipinski definition) is 3. The van der Waals surface area contributed by atoms with E-state index in [2.05, 4.69) is 10.6 Å². The highest BCUT2D eigenvalue weighted by molar-refractivity contribution is 5.82. The molecule has 0 aromatic rings. The zero-order valence-electron chi connectivity index (χ0n) is 11.6. The highest BCUT2D eigenvalue weighted by atomic mass is 19.4. The molecule has 0 aromatic heterocycles. The van der Waals surface area contributed by atoms with E-state index in [1.165, 1.54) is 0 Å². The monoisotopic (exact) mass is 294 g/mol. The number of rotatable bonds is 2. The third-order valence-electron chi connectivity index (χ3n) is 4.06. The SMILES string of the molecule is CC1(NC(=O)C2CCC(C(F)(F)F)CN2)CCCOC1. The molecule has 2 saturated heterocycles. The van der Waals surface area contributed by atoms with Crippen LogP contribution in [0.2, 0.25) is 0 Å². The molecule has 2 aliphatic heterocycles. The van der Waals surface area contributed by atoms with Gasteiger partial charge in [0.05, 0.1) is 24.1 Å². The van der Waals surface area contributed by atoms with E-state index < -0.39 is 23.7 Å². The van der Waals surface area contributed by atoms with Crippen LogP contribution in [0, 0.1) is 5.92 Å². The summed E-state index contributed by atoms with van der Waals surface area (Å²) in [5, 5.41) is 5.62. The first-order valence-corrected chi connectivity index (χ1v) is 7.00. The van der Waals surface area contributed by atoms with Gasteiger partial charge in [-0.05, 0) is 32.6 Å². The van der Waals surface area contributed by atoms with Gasteiger partial charge in [-0.2, -0.15) is 13.2 Å². The van der Waals surface area contributed by atoms with Gasteiger partial charge in [-0.25, -0.2) is 0 Å². The van der Waals surface area contributed by atoms with Crippen LogP contribution in [0.3, 0.4) is 0 Å². The molecule has 0 saturated carbocycles. The van der Waals surface area contributed by atoms with Crippen LogP contribution in [-0.2, 0) is 9.53 Å². The van der Waals surface area contributed by atoms with Gasteiger partial charge in [0, 0.05) is 13.2 Å². The van der Waals surface area contributed by atoms with E-state index in [0.29, 0.717) is 13.2 Å². The Hall–Kier alpha value is -0.820. The van der Waals surface area contributed by atoms with Crippen LogP contribution in [0.5, 0.6) is 0 Å². The second kappa shape index (κ2) is 5.89. The summed E-state index contributed by atoms with van der Waals surface area (Å²) >= 11 is 0. The van der Waals surface area contributed by atoms with Crippen molar-refractivity contribution in [3.8, 4) is 0 Å². The fourth-order valence-electron chi connectivity index (χ4n) is 2.78. The average Bonchev–Trinajstić information content (AvgIpc) is 2.38. The third kappa shape index (κ3) is 3.85. The molecular formula is C13H21F3N2O2. The van der Waals surface area contributed by atoms with Crippen molar-refractivity contribution in [2.75, 3.05) is 19.8 Å². The standard InChI is InChI=1S/C13H21F3N2O2/c1-12(5-2-6-20-8-12)18-11(19)10-4-3-9(7-17-10)13(14,15)16/h9-10,17H,2-8H2,1H3,(H,18,19). The quantitative estimate of drug-likeness (QED) is 0.813. The lowest BCUT2D eigenvalue weighted by Gasteiger charge is -2.37. The molecule has 4 nitrogen and oxygen atoms in total. The molecule has 0 radical (unpaired) electrons. The number of hydrogen-bond donors (Lipinski definition) is 2. The predicted octanol–water partition coefficient (Wildman–Crippen LogP) is 1.60. The van der Waals surface area contributed by atoms with Gasteiger partial charge < -0.3 is 15.4 Å². The van der Waals surface area contributed by atoms with E-state index in [1.807, 2.05) is 6.92 Å². The van der Waals surface area contributed by atoms with Crippen molar-refractivity contribution in [2.24, 2.45) is 5.92 Å². The lowest BCUT2D eigenvalue weighted by molar-refractivity contribution is -0.180. The fourth-order valence-corrected chi connectivity index (χ4v) is 2.78. The first-order chi connectivity index (χ1) is 9.30. The Morgan fingerprint density at radius 3 is 2.65 bits per heavy atom. The van der Waals surface area contributed by atoms with Crippen molar-refractivity contribution in [3.05, 3.63) is 0 Å². The number of nitrogens with one attached hydrogen (secondary N) is 2. The maximum atomic E-state index is 12.5. The minimum Gasteiger partial charge on any atom is -0.379 e. The number of ether oxygens (including phenoxy) is 1. The maximum absolute atomic E-state index is 12.5. The zero-order valence-corrected chi connectivity index (χ0v) is 11.6. The second-order valence-corrected chi connectivity index (χ2v) is 5.98. The summed E-state index contributed by atoms with van der Waals surface area (Å²) in [4.78, 5) is 12.1. The Balaban J connectivity index is 1.83. The molecule has 2 aliphatic rings. The normalized spacial score (nSPS) is 35.6.